The predicted octanol–water partition coefficient (Wildman–Crippen LogP) is 1.78. The molecule has 0 aliphatic heterocycles. The first-order chi connectivity index (χ1) is 5.97. The number of aryl methyl sites for hydroxylation is 1. The van der Waals surface area contributed by atoms with Crippen LogP contribution in [0.15, 0.2) is 0 Å². The molecule has 0 radical (unpaired) electrons. The Balaban J connectivity index is 2.28. The van der Waals surface area contributed by atoms with Gasteiger partial charge < -0.3 is 5.32 Å². The standard InChI is InChI=1S/C9H17N3S/c1-7-11-12-8(13-7)5-6-10-9(2,3)4/h10H,5-6H2,1-4H3. The number of hydrogen-bond donors (Lipinski definition) is 1. The monoisotopic (exact) mass is 199 g/mol. The average Bonchev–Trinajstić information content (AvgIpc) is 2.33. The maximum absolute atomic E-state index is 4.06. The SMILES string of the molecule is Cc1nnc(CCNC(C)(C)C)s1. The molecule has 0 aromatic carbocycles. The van der Waals surface area contributed by atoms with Crippen LogP contribution in [-0.4, -0.2) is 22.3 Å². The molecule has 0 aliphatic carbocycles. The minimum Gasteiger partial charge on any atom is -0.312 e. The van der Waals surface area contributed by atoms with E-state index in [2.05, 4.69) is 36.3 Å². The largest absolute Gasteiger partial charge is 0.312 e. The Morgan fingerprint density at radius 3 is 2.46 bits per heavy atom. The Morgan fingerprint density at radius 2 is 2.00 bits per heavy atom. The topological polar surface area (TPSA) is 37.8 Å². The molecular weight excluding hydrogens is 182 g/mol. The third kappa shape index (κ3) is 4.33. The Morgan fingerprint density at radius 1 is 1.31 bits per heavy atom. The summed E-state index contributed by atoms with van der Waals surface area (Å²) in [6.45, 7) is 9.45. The van der Waals surface area contributed by atoms with Crippen molar-refractivity contribution in [3.05, 3.63) is 10.0 Å². The van der Waals surface area contributed by atoms with Crippen molar-refractivity contribution in [2.75, 3.05) is 6.54 Å². The summed E-state index contributed by atoms with van der Waals surface area (Å²) in [5.74, 6) is 0. The first kappa shape index (κ1) is 10.6. The van der Waals surface area contributed by atoms with Crippen molar-refractivity contribution in [1.29, 1.82) is 0 Å². The van der Waals surface area contributed by atoms with Gasteiger partial charge in [0.15, 0.2) is 0 Å². The van der Waals surface area contributed by atoms with Gasteiger partial charge in [-0.3, -0.25) is 0 Å². The fourth-order valence-corrected chi connectivity index (χ4v) is 1.69. The van der Waals surface area contributed by atoms with Crippen LogP contribution in [0.2, 0.25) is 0 Å². The van der Waals surface area contributed by atoms with Gasteiger partial charge in [0.1, 0.15) is 10.0 Å². The molecule has 0 saturated heterocycles. The molecule has 1 aromatic heterocycles. The van der Waals surface area contributed by atoms with E-state index in [0.717, 1.165) is 23.0 Å². The summed E-state index contributed by atoms with van der Waals surface area (Å²) in [7, 11) is 0. The van der Waals surface area contributed by atoms with Crippen LogP contribution in [0.3, 0.4) is 0 Å². The van der Waals surface area contributed by atoms with Crippen molar-refractivity contribution in [3.8, 4) is 0 Å². The Kier molecular flexibility index (Phi) is 3.39. The van der Waals surface area contributed by atoms with Gasteiger partial charge in [-0.15, -0.1) is 21.5 Å². The van der Waals surface area contributed by atoms with E-state index in [-0.39, 0.29) is 5.54 Å². The van der Waals surface area contributed by atoms with Crippen molar-refractivity contribution >= 4 is 11.3 Å². The van der Waals surface area contributed by atoms with Crippen LogP contribution >= 0.6 is 11.3 Å². The van der Waals surface area contributed by atoms with E-state index in [0.29, 0.717) is 0 Å². The van der Waals surface area contributed by atoms with Gasteiger partial charge in [0.05, 0.1) is 0 Å². The molecule has 74 valence electrons. The van der Waals surface area contributed by atoms with Crippen molar-refractivity contribution in [1.82, 2.24) is 15.5 Å². The van der Waals surface area contributed by atoms with E-state index in [4.69, 9.17) is 0 Å². The molecule has 13 heavy (non-hydrogen) atoms. The highest BCUT2D eigenvalue weighted by Gasteiger charge is 2.08. The quantitative estimate of drug-likeness (QED) is 0.806. The highest BCUT2D eigenvalue weighted by molar-refractivity contribution is 7.11. The van der Waals surface area contributed by atoms with Gasteiger partial charge in [0, 0.05) is 18.5 Å². The zero-order chi connectivity index (χ0) is 9.90. The lowest BCUT2D eigenvalue weighted by Crippen LogP contribution is -2.37. The lowest BCUT2D eigenvalue weighted by Gasteiger charge is -2.19. The number of rotatable bonds is 3. The Labute approximate surface area is 83.6 Å². The molecule has 0 unspecified atom stereocenters. The Hall–Kier alpha value is -0.480. The van der Waals surface area contributed by atoms with Crippen LogP contribution in [0, 0.1) is 6.92 Å². The summed E-state index contributed by atoms with van der Waals surface area (Å²) in [5, 5.41) is 13.6. The molecule has 4 heteroatoms. The minimum absolute atomic E-state index is 0.194. The van der Waals surface area contributed by atoms with E-state index in [1.807, 2.05) is 6.92 Å². The van der Waals surface area contributed by atoms with Gasteiger partial charge in [-0.25, -0.2) is 0 Å². The molecule has 0 saturated carbocycles. The first-order valence-electron chi connectivity index (χ1n) is 4.51. The number of nitrogens with one attached hydrogen (secondary N) is 1. The fraction of sp³-hybridized carbons (Fsp3) is 0.778. The number of aromatic nitrogens is 2. The van der Waals surface area contributed by atoms with E-state index < -0.39 is 0 Å². The predicted molar refractivity (Wildman–Crippen MR) is 56.1 cm³/mol. The van der Waals surface area contributed by atoms with E-state index in [1.54, 1.807) is 11.3 Å². The summed E-state index contributed by atoms with van der Waals surface area (Å²) in [6.07, 6.45) is 0.975. The normalized spacial score (nSPS) is 12.0. The van der Waals surface area contributed by atoms with Gasteiger partial charge in [-0.2, -0.15) is 0 Å². The van der Waals surface area contributed by atoms with E-state index >= 15 is 0 Å². The summed E-state index contributed by atoms with van der Waals surface area (Å²) in [6, 6.07) is 0. The fourth-order valence-electron chi connectivity index (χ4n) is 0.983. The van der Waals surface area contributed by atoms with Crippen LogP contribution in [0.5, 0.6) is 0 Å². The number of nitrogens with zero attached hydrogens (tertiary/aromatic N) is 2. The summed E-state index contributed by atoms with van der Waals surface area (Å²) in [4.78, 5) is 0. The van der Waals surface area contributed by atoms with Gasteiger partial charge >= 0.3 is 0 Å². The lowest BCUT2D eigenvalue weighted by atomic mass is 10.1. The zero-order valence-corrected chi connectivity index (χ0v) is 9.53. The lowest BCUT2D eigenvalue weighted by molar-refractivity contribution is 0.429. The summed E-state index contributed by atoms with van der Waals surface area (Å²) >= 11 is 1.68. The zero-order valence-electron chi connectivity index (χ0n) is 8.72. The third-order valence-electron chi connectivity index (χ3n) is 1.56. The van der Waals surface area contributed by atoms with Crippen LogP contribution < -0.4 is 5.32 Å². The minimum atomic E-state index is 0.194. The number of hydrogen-bond acceptors (Lipinski definition) is 4. The van der Waals surface area contributed by atoms with Crippen molar-refractivity contribution in [2.45, 2.75) is 39.7 Å². The van der Waals surface area contributed by atoms with Gasteiger partial charge in [-0.1, -0.05) is 0 Å². The van der Waals surface area contributed by atoms with Gasteiger partial charge in [0.2, 0.25) is 0 Å². The van der Waals surface area contributed by atoms with Crippen molar-refractivity contribution in [3.63, 3.8) is 0 Å². The molecular formula is C9H17N3S. The first-order valence-corrected chi connectivity index (χ1v) is 5.33. The molecule has 0 bridgehead atoms. The molecule has 0 fully saturated rings. The maximum atomic E-state index is 4.06. The highest BCUT2D eigenvalue weighted by Crippen LogP contribution is 2.08. The summed E-state index contributed by atoms with van der Waals surface area (Å²) < 4.78 is 0. The molecule has 0 aliphatic rings. The molecule has 1 N–H and O–H groups in total. The van der Waals surface area contributed by atoms with Crippen LogP contribution in [0.25, 0.3) is 0 Å². The molecule has 0 amide bonds. The van der Waals surface area contributed by atoms with Gasteiger partial charge in [0.25, 0.3) is 0 Å². The van der Waals surface area contributed by atoms with Crippen LogP contribution in [-0.2, 0) is 6.42 Å². The molecule has 0 atom stereocenters. The molecule has 1 aromatic rings. The van der Waals surface area contributed by atoms with Crippen molar-refractivity contribution < 1.29 is 0 Å². The smallest absolute Gasteiger partial charge is 0.118 e. The highest BCUT2D eigenvalue weighted by atomic mass is 32.1. The summed E-state index contributed by atoms with van der Waals surface area (Å²) in [5.41, 5.74) is 0.194. The second-order valence-corrected chi connectivity index (χ2v) is 5.41. The second kappa shape index (κ2) is 4.15. The molecule has 0 spiro atoms. The third-order valence-corrected chi connectivity index (χ3v) is 2.46. The molecule has 1 heterocycles. The van der Waals surface area contributed by atoms with Crippen molar-refractivity contribution in [2.24, 2.45) is 0 Å². The Bertz CT molecular complexity index is 262. The van der Waals surface area contributed by atoms with E-state index in [9.17, 15) is 0 Å². The van der Waals surface area contributed by atoms with E-state index in [1.165, 1.54) is 0 Å². The molecule has 3 nitrogen and oxygen atoms in total. The van der Waals surface area contributed by atoms with Crippen LogP contribution in [0.4, 0.5) is 0 Å². The second-order valence-electron chi connectivity index (χ2n) is 4.14. The average molecular weight is 199 g/mol. The van der Waals surface area contributed by atoms with Gasteiger partial charge in [-0.05, 0) is 27.7 Å². The maximum Gasteiger partial charge on any atom is 0.118 e. The molecule has 1 rings (SSSR count). The van der Waals surface area contributed by atoms with Crippen LogP contribution in [0.1, 0.15) is 30.8 Å².